The number of alkyl halides is 3. The Balaban J connectivity index is 2.10. The maximum Gasteiger partial charge on any atom is 0.419 e. The van der Waals surface area contributed by atoms with Gasteiger partial charge < -0.3 is 11.1 Å². The minimum atomic E-state index is -4.68. The van der Waals surface area contributed by atoms with Crippen molar-refractivity contribution in [1.82, 2.24) is 0 Å². The molecule has 0 bridgehead atoms. The SMILES string of the molecule is Nc1cccc(CNc2ccc(C(F)(F)F)c(F)c2)c1. The van der Waals surface area contributed by atoms with E-state index < -0.39 is 17.6 Å². The summed E-state index contributed by atoms with van der Waals surface area (Å²) in [5.41, 5.74) is 6.05. The van der Waals surface area contributed by atoms with Crippen LogP contribution in [0.25, 0.3) is 0 Å². The van der Waals surface area contributed by atoms with Gasteiger partial charge in [0, 0.05) is 17.9 Å². The lowest BCUT2D eigenvalue weighted by Gasteiger charge is -2.11. The van der Waals surface area contributed by atoms with Crippen molar-refractivity contribution < 1.29 is 17.6 Å². The summed E-state index contributed by atoms with van der Waals surface area (Å²) in [4.78, 5) is 0. The van der Waals surface area contributed by atoms with Crippen molar-refractivity contribution in [3.05, 3.63) is 59.4 Å². The highest BCUT2D eigenvalue weighted by Crippen LogP contribution is 2.32. The normalized spacial score (nSPS) is 11.4. The van der Waals surface area contributed by atoms with E-state index >= 15 is 0 Å². The lowest BCUT2D eigenvalue weighted by atomic mass is 10.1. The zero-order valence-electron chi connectivity index (χ0n) is 10.3. The van der Waals surface area contributed by atoms with Gasteiger partial charge in [0.1, 0.15) is 5.82 Å². The Morgan fingerprint density at radius 2 is 1.80 bits per heavy atom. The highest BCUT2D eigenvalue weighted by molar-refractivity contribution is 5.47. The van der Waals surface area contributed by atoms with E-state index in [2.05, 4.69) is 5.32 Å². The number of anilines is 2. The first-order chi connectivity index (χ1) is 9.36. The number of benzene rings is 2. The molecule has 2 nitrogen and oxygen atoms in total. The van der Waals surface area contributed by atoms with Crippen LogP contribution in [0.15, 0.2) is 42.5 Å². The van der Waals surface area contributed by atoms with Crippen LogP contribution < -0.4 is 11.1 Å². The van der Waals surface area contributed by atoms with Crippen molar-refractivity contribution in [3.8, 4) is 0 Å². The van der Waals surface area contributed by atoms with Gasteiger partial charge in [-0.15, -0.1) is 0 Å². The van der Waals surface area contributed by atoms with E-state index in [0.29, 0.717) is 12.2 Å². The molecule has 0 aliphatic heterocycles. The lowest BCUT2D eigenvalue weighted by Crippen LogP contribution is -2.09. The average Bonchev–Trinajstić information content (AvgIpc) is 2.35. The molecule has 20 heavy (non-hydrogen) atoms. The fraction of sp³-hybridized carbons (Fsp3) is 0.143. The van der Waals surface area contributed by atoms with E-state index in [1.54, 1.807) is 18.2 Å². The molecule has 0 saturated carbocycles. The van der Waals surface area contributed by atoms with Crippen molar-refractivity contribution >= 4 is 11.4 Å². The van der Waals surface area contributed by atoms with Crippen molar-refractivity contribution in [2.45, 2.75) is 12.7 Å². The lowest BCUT2D eigenvalue weighted by molar-refractivity contribution is -0.139. The van der Waals surface area contributed by atoms with Crippen molar-refractivity contribution in [1.29, 1.82) is 0 Å². The molecule has 0 unspecified atom stereocenters. The Kier molecular flexibility index (Phi) is 3.83. The van der Waals surface area contributed by atoms with Crippen LogP contribution in [0.4, 0.5) is 28.9 Å². The molecule has 2 aromatic rings. The van der Waals surface area contributed by atoms with Gasteiger partial charge in [-0.3, -0.25) is 0 Å². The van der Waals surface area contributed by atoms with Crippen molar-refractivity contribution in [2.75, 3.05) is 11.1 Å². The van der Waals surface area contributed by atoms with Gasteiger partial charge in [0.15, 0.2) is 0 Å². The maximum atomic E-state index is 13.4. The molecule has 0 amide bonds. The molecule has 0 radical (unpaired) electrons. The van der Waals surface area contributed by atoms with Gasteiger partial charge in [0.25, 0.3) is 0 Å². The molecule has 0 aliphatic carbocycles. The van der Waals surface area contributed by atoms with Crippen molar-refractivity contribution in [2.24, 2.45) is 0 Å². The van der Waals surface area contributed by atoms with E-state index in [0.717, 1.165) is 17.7 Å². The molecule has 0 fully saturated rings. The highest BCUT2D eigenvalue weighted by atomic mass is 19.4. The van der Waals surface area contributed by atoms with E-state index in [4.69, 9.17) is 5.73 Å². The Morgan fingerprint density at radius 1 is 1.05 bits per heavy atom. The molecule has 3 N–H and O–H groups in total. The quantitative estimate of drug-likeness (QED) is 0.659. The van der Waals surface area contributed by atoms with Crippen LogP contribution in [0.1, 0.15) is 11.1 Å². The number of hydrogen-bond donors (Lipinski definition) is 2. The number of nitrogen functional groups attached to an aromatic ring is 1. The van der Waals surface area contributed by atoms with Crippen LogP contribution in [0.3, 0.4) is 0 Å². The summed E-state index contributed by atoms with van der Waals surface area (Å²) in [7, 11) is 0. The van der Waals surface area contributed by atoms with E-state index in [1.807, 2.05) is 6.07 Å². The number of nitrogens with one attached hydrogen (secondary N) is 1. The highest BCUT2D eigenvalue weighted by Gasteiger charge is 2.33. The Bertz CT molecular complexity index is 608. The monoisotopic (exact) mass is 284 g/mol. The molecule has 106 valence electrons. The van der Waals surface area contributed by atoms with E-state index in [-0.39, 0.29) is 5.69 Å². The van der Waals surface area contributed by atoms with Crippen molar-refractivity contribution in [3.63, 3.8) is 0 Å². The van der Waals surface area contributed by atoms with Crippen LogP contribution in [0.5, 0.6) is 0 Å². The third-order valence-electron chi connectivity index (χ3n) is 2.72. The Labute approximate surface area is 113 Å². The number of hydrogen-bond acceptors (Lipinski definition) is 2. The molecular weight excluding hydrogens is 272 g/mol. The minimum Gasteiger partial charge on any atom is -0.399 e. The first-order valence-corrected chi connectivity index (χ1v) is 5.81. The predicted octanol–water partition coefficient (Wildman–Crippen LogP) is 4.04. The minimum absolute atomic E-state index is 0.276. The summed E-state index contributed by atoms with van der Waals surface area (Å²) < 4.78 is 50.6. The third-order valence-corrected chi connectivity index (χ3v) is 2.72. The molecule has 0 spiro atoms. The standard InChI is InChI=1S/C14H12F4N2/c15-13-7-11(4-5-12(13)14(16,17)18)20-8-9-2-1-3-10(19)6-9/h1-7,20H,8,19H2. The summed E-state index contributed by atoms with van der Waals surface area (Å²) in [6, 6.07) is 9.77. The summed E-state index contributed by atoms with van der Waals surface area (Å²) in [6.45, 7) is 0.343. The molecule has 0 atom stereocenters. The zero-order chi connectivity index (χ0) is 14.8. The summed E-state index contributed by atoms with van der Waals surface area (Å²) in [6.07, 6.45) is -4.68. The molecule has 0 heterocycles. The first kappa shape index (κ1) is 14.2. The molecule has 0 aromatic heterocycles. The van der Waals surface area contributed by atoms with Gasteiger partial charge in [-0.1, -0.05) is 12.1 Å². The summed E-state index contributed by atoms with van der Waals surface area (Å²) in [5, 5.41) is 2.84. The predicted molar refractivity (Wildman–Crippen MR) is 69.6 cm³/mol. The van der Waals surface area contributed by atoms with E-state index in [1.165, 1.54) is 6.07 Å². The van der Waals surface area contributed by atoms with Gasteiger partial charge in [-0.25, -0.2) is 4.39 Å². The second kappa shape index (κ2) is 5.40. The second-order valence-electron chi connectivity index (χ2n) is 4.29. The Hall–Kier alpha value is -2.24. The fourth-order valence-corrected chi connectivity index (χ4v) is 1.76. The molecule has 0 aliphatic rings. The first-order valence-electron chi connectivity index (χ1n) is 5.81. The smallest absolute Gasteiger partial charge is 0.399 e. The summed E-state index contributed by atoms with van der Waals surface area (Å²) >= 11 is 0. The van der Waals surface area contributed by atoms with Gasteiger partial charge in [-0.05, 0) is 35.9 Å². The maximum absolute atomic E-state index is 13.4. The summed E-state index contributed by atoms with van der Waals surface area (Å²) in [5.74, 6) is -1.30. The molecule has 2 aromatic carbocycles. The average molecular weight is 284 g/mol. The number of rotatable bonds is 3. The molecule has 0 saturated heterocycles. The molecular formula is C14H12F4N2. The Morgan fingerprint density at radius 3 is 2.40 bits per heavy atom. The van der Waals surface area contributed by atoms with Crippen LogP contribution in [-0.4, -0.2) is 0 Å². The number of halogens is 4. The van der Waals surface area contributed by atoms with Crippen LogP contribution in [0, 0.1) is 5.82 Å². The van der Waals surface area contributed by atoms with Crippen LogP contribution >= 0.6 is 0 Å². The third kappa shape index (κ3) is 3.40. The zero-order valence-corrected chi connectivity index (χ0v) is 10.3. The largest absolute Gasteiger partial charge is 0.419 e. The molecule has 2 rings (SSSR count). The van der Waals surface area contributed by atoms with Gasteiger partial charge >= 0.3 is 6.18 Å². The van der Waals surface area contributed by atoms with Gasteiger partial charge in [-0.2, -0.15) is 13.2 Å². The van der Waals surface area contributed by atoms with Crippen LogP contribution in [-0.2, 0) is 12.7 Å². The second-order valence-corrected chi connectivity index (χ2v) is 4.29. The van der Waals surface area contributed by atoms with Gasteiger partial charge in [0.2, 0.25) is 0 Å². The fourth-order valence-electron chi connectivity index (χ4n) is 1.76. The molecule has 6 heteroatoms. The van der Waals surface area contributed by atoms with Crippen LogP contribution in [0.2, 0.25) is 0 Å². The van der Waals surface area contributed by atoms with Gasteiger partial charge in [0.05, 0.1) is 5.56 Å². The topological polar surface area (TPSA) is 38.0 Å². The van der Waals surface area contributed by atoms with E-state index in [9.17, 15) is 17.6 Å². The number of nitrogens with two attached hydrogens (primary N) is 1.